The number of benzene rings is 6. The van der Waals surface area contributed by atoms with Gasteiger partial charge < -0.3 is 4.90 Å². The third-order valence-corrected chi connectivity index (χ3v) is 10.3. The van der Waals surface area contributed by atoms with Crippen LogP contribution in [0, 0.1) is 13.8 Å². The number of fused-ring (bicyclic) bond motifs is 2. The number of aryl methyl sites for hydroxylation is 2. The number of rotatable bonds is 4. The molecule has 0 saturated carbocycles. The molecule has 0 fully saturated rings. The second kappa shape index (κ2) is 9.87. The number of anilines is 3. The average molecular weight is 592 g/mol. The molecule has 8 aromatic rings. The van der Waals surface area contributed by atoms with E-state index < -0.39 is 0 Å². The van der Waals surface area contributed by atoms with Crippen LogP contribution in [0.2, 0.25) is 0 Å². The van der Waals surface area contributed by atoms with E-state index >= 15 is 0 Å². The van der Waals surface area contributed by atoms with Crippen molar-refractivity contribution in [3.63, 3.8) is 0 Å². The molecule has 0 aliphatic carbocycles. The predicted octanol–water partition coefficient (Wildman–Crippen LogP) is 9.21. The molecule has 6 aromatic carbocycles. The van der Waals surface area contributed by atoms with Crippen molar-refractivity contribution in [2.24, 2.45) is 0 Å². The summed E-state index contributed by atoms with van der Waals surface area (Å²) in [5, 5.41) is 6.52. The molecular weight excluding hydrogens is 567 g/mol. The van der Waals surface area contributed by atoms with Gasteiger partial charge in [-0.2, -0.15) is 0 Å². The van der Waals surface area contributed by atoms with Crippen LogP contribution in [0.15, 0.2) is 119 Å². The highest BCUT2D eigenvalue weighted by atomic mass is 32.1. The molecule has 0 aliphatic heterocycles. The number of thiophene rings is 2. The van der Waals surface area contributed by atoms with Gasteiger partial charge in [0.15, 0.2) is 10.9 Å². The van der Waals surface area contributed by atoms with Crippen LogP contribution in [0.4, 0.5) is 16.4 Å². The van der Waals surface area contributed by atoms with Crippen molar-refractivity contribution >= 4 is 86.8 Å². The maximum Gasteiger partial charge on any atom is 0.197 e. The Morgan fingerprint density at radius 3 is 1.70 bits per heavy atom. The van der Waals surface area contributed by atoms with Crippen LogP contribution in [0.5, 0.6) is 0 Å². The zero-order valence-corrected chi connectivity index (χ0v) is 25.2. The highest BCUT2D eigenvalue weighted by Gasteiger charge is 2.17. The second-order valence-electron chi connectivity index (χ2n) is 11.1. The van der Waals surface area contributed by atoms with E-state index in [1.807, 2.05) is 36.4 Å². The fourth-order valence-electron chi connectivity index (χ4n) is 5.94. The number of hydrogen-bond donors (Lipinski definition) is 0. The Hall–Kier alpha value is -4.84. The van der Waals surface area contributed by atoms with Gasteiger partial charge in [0.1, 0.15) is 5.00 Å². The highest BCUT2D eigenvalue weighted by molar-refractivity contribution is 7.23. The third-order valence-electron chi connectivity index (χ3n) is 8.14. The first kappa shape index (κ1) is 25.8. The van der Waals surface area contributed by atoms with Crippen LogP contribution in [-0.4, -0.2) is 0 Å². The zero-order valence-electron chi connectivity index (χ0n) is 23.5. The fraction of sp³-hybridized carbons (Fsp3) is 0.0526. The van der Waals surface area contributed by atoms with Crippen LogP contribution >= 0.6 is 22.7 Å². The van der Waals surface area contributed by atoms with Crippen molar-refractivity contribution < 1.29 is 0 Å². The molecule has 0 N–H and O–H groups in total. The van der Waals surface area contributed by atoms with E-state index in [9.17, 15) is 9.59 Å². The SMILES string of the molecule is Cc1ccc(N(c2ccc(C)cc2)c2cc3cc4sc(C=c5c(=O)c6cccc7cccc(c5=O)c76)cc4cc3s2)cc1. The largest absolute Gasteiger partial charge is 0.302 e. The van der Waals surface area contributed by atoms with E-state index in [0.717, 1.165) is 42.1 Å². The van der Waals surface area contributed by atoms with Crippen molar-refractivity contribution in [2.45, 2.75) is 13.8 Å². The minimum absolute atomic E-state index is 0.204. The molecule has 2 aromatic heterocycles. The van der Waals surface area contributed by atoms with Gasteiger partial charge in [0.2, 0.25) is 0 Å². The zero-order chi connectivity index (χ0) is 29.2. The van der Waals surface area contributed by atoms with E-state index in [1.165, 1.54) is 21.2 Å². The summed E-state index contributed by atoms with van der Waals surface area (Å²) in [6.45, 7) is 4.21. The minimum Gasteiger partial charge on any atom is -0.302 e. The molecule has 0 amide bonds. The van der Waals surface area contributed by atoms with Crippen molar-refractivity contribution in [3.05, 3.63) is 151 Å². The Labute approximate surface area is 255 Å². The Morgan fingerprint density at radius 2 is 1.12 bits per heavy atom. The summed E-state index contributed by atoms with van der Waals surface area (Å²) in [6.07, 6.45) is 1.78. The minimum atomic E-state index is -0.204. The van der Waals surface area contributed by atoms with Gasteiger partial charge in [-0.25, -0.2) is 0 Å². The van der Waals surface area contributed by atoms with E-state index in [2.05, 4.69) is 91.5 Å². The summed E-state index contributed by atoms with van der Waals surface area (Å²) in [7, 11) is 0. The van der Waals surface area contributed by atoms with Crippen molar-refractivity contribution in [1.82, 2.24) is 0 Å². The maximum atomic E-state index is 13.5. The van der Waals surface area contributed by atoms with E-state index in [-0.39, 0.29) is 16.1 Å². The summed E-state index contributed by atoms with van der Waals surface area (Å²) < 4.78 is 2.31. The second-order valence-corrected chi connectivity index (χ2v) is 13.3. The molecule has 5 heteroatoms. The topological polar surface area (TPSA) is 37.4 Å². The molecule has 0 bridgehead atoms. The number of hydrogen-bond acceptors (Lipinski definition) is 5. The van der Waals surface area contributed by atoms with Crippen molar-refractivity contribution in [3.8, 4) is 0 Å². The smallest absolute Gasteiger partial charge is 0.197 e. The van der Waals surface area contributed by atoms with Crippen LogP contribution in [0.25, 0.3) is 47.8 Å². The summed E-state index contributed by atoms with van der Waals surface area (Å²) in [5.74, 6) is 0. The molecular formula is C38H25NO2S2. The molecule has 0 unspecified atom stereocenters. The van der Waals surface area contributed by atoms with E-state index in [4.69, 9.17) is 0 Å². The van der Waals surface area contributed by atoms with Crippen LogP contribution in [0.1, 0.15) is 16.0 Å². The Balaban J connectivity index is 1.25. The van der Waals surface area contributed by atoms with E-state index in [1.54, 1.807) is 28.7 Å². The lowest BCUT2D eigenvalue weighted by atomic mass is 9.99. The molecule has 43 heavy (non-hydrogen) atoms. The summed E-state index contributed by atoms with van der Waals surface area (Å²) in [5.41, 5.74) is 4.29. The first-order chi connectivity index (χ1) is 20.9. The van der Waals surface area contributed by atoms with Gasteiger partial charge in [-0.1, -0.05) is 71.8 Å². The molecule has 0 atom stereocenters. The Bertz CT molecular complexity index is 2350. The summed E-state index contributed by atoms with van der Waals surface area (Å²) >= 11 is 3.37. The van der Waals surface area contributed by atoms with Gasteiger partial charge in [0.25, 0.3) is 0 Å². The average Bonchev–Trinajstić information content (AvgIpc) is 3.61. The molecule has 0 saturated heterocycles. The van der Waals surface area contributed by atoms with Crippen molar-refractivity contribution in [1.29, 1.82) is 0 Å². The Kier molecular flexibility index (Phi) is 5.93. The lowest BCUT2D eigenvalue weighted by Gasteiger charge is -2.23. The Morgan fingerprint density at radius 1 is 0.581 bits per heavy atom. The molecule has 0 aliphatic rings. The molecule has 0 spiro atoms. The first-order valence-corrected chi connectivity index (χ1v) is 15.8. The normalized spacial score (nSPS) is 11.7. The third kappa shape index (κ3) is 4.32. The van der Waals surface area contributed by atoms with Gasteiger partial charge in [0.05, 0.1) is 5.22 Å². The molecule has 0 radical (unpaired) electrons. The quantitative estimate of drug-likeness (QED) is 0.205. The summed E-state index contributed by atoms with van der Waals surface area (Å²) in [4.78, 5) is 30.1. The van der Waals surface area contributed by atoms with Crippen LogP contribution < -0.4 is 21.0 Å². The monoisotopic (exact) mass is 591 g/mol. The van der Waals surface area contributed by atoms with E-state index in [0.29, 0.717) is 10.8 Å². The predicted molar refractivity (Wildman–Crippen MR) is 185 cm³/mol. The highest BCUT2D eigenvalue weighted by Crippen LogP contribution is 2.43. The van der Waals surface area contributed by atoms with Crippen LogP contribution in [-0.2, 0) is 0 Å². The van der Waals surface area contributed by atoms with Gasteiger partial charge in [-0.15, -0.1) is 22.7 Å². The molecule has 3 nitrogen and oxygen atoms in total. The van der Waals surface area contributed by atoms with Gasteiger partial charge >= 0.3 is 0 Å². The molecule has 2 heterocycles. The van der Waals surface area contributed by atoms with Crippen LogP contribution in [0.3, 0.4) is 0 Å². The standard InChI is InChI=1S/C38H25NO2S2/c1-22-9-13-27(14-10-22)39(28-15-11-23(2)12-16-28)35-20-26-19-33-25(18-34(26)43-35)17-29(42-33)21-32-37(40)30-7-3-5-24-6-4-8-31(36(24)30)38(32)41/h3-21H,1-2H3. The maximum absolute atomic E-state index is 13.5. The lowest BCUT2D eigenvalue weighted by Crippen LogP contribution is -2.38. The number of nitrogens with zero attached hydrogens (tertiary/aromatic N) is 1. The molecule has 8 rings (SSSR count). The summed E-state index contributed by atoms with van der Waals surface area (Å²) in [6, 6.07) is 37.4. The lowest BCUT2D eigenvalue weighted by molar-refractivity contribution is 1.30. The molecule has 206 valence electrons. The van der Waals surface area contributed by atoms with Crippen molar-refractivity contribution in [2.75, 3.05) is 4.90 Å². The van der Waals surface area contributed by atoms with Gasteiger partial charge in [-0.3, -0.25) is 9.59 Å². The van der Waals surface area contributed by atoms with Gasteiger partial charge in [-0.05, 0) is 84.6 Å². The fourth-order valence-corrected chi connectivity index (χ4v) is 8.11. The van der Waals surface area contributed by atoms with Gasteiger partial charge in [0, 0.05) is 41.8 Å². The first-order valence-electron chi connectivity index (χ1n) is 14.2.